The molecule has 6 heteroatoms. The summed E-state index contributed by atoms with van der Waals surface area (Å²) < 4.78 is 0. The molecule has 0 saturated heterocycles. The second-order valence-corrected chi connectivity index (χ2v) is 12.9. The molecule has 0 unspecified atom stereocenters. The van der Waals surface area contributed by atoms with Gasteiger partial charge in [0.1, 0.15) is 0 Å². The summed E-state index contributed by atoms with van der Waals surface area (Å²) in [6.07, 6.45) is 0. The fourth-order valence-corrected chi connectivity index (χ4v) is 0. The van der Waals surface area contributed by atoms with Crippen molar-refractivity contribution in [1.29, 1.82) is 0 Å². The molecule has 0 spiro atoms. The monoisotopic (exact) mass is 227 g/mol. The maximum absolute atomic E-state index is 4.97. The van der Waals surface area contributed by atoms with Gasteiger partial charge in [-0.05, 0) is 21.1 Å². The van der Waals surface area contributed by atoms with E-state index in [0.29, 0.717) is 0 Å². The highest BCUT2D eigenvalue weighted by Gasteiger charge is 2.19. The van der Waals surface area contributed by atoms with E-state index in [1.807, 2.05) is 26.0 Å². The van der Waals surface area contributed by atoms with Gasteiger partial charge in [-0.3, -0.25) is 0 Å². The quantitative estimate of drug-likeness (QED) is 0.455. The summed E-state index contributed by atoms with van der Waals surface area (Å²) in [6.45, 7) is 0. The van der Waals surface area contributed by atoms with Crippen molar-refractivity contribution in [2.24, 2.45) is 0 Å². The van der Waals surface area contributed by atoms with E-state index < -0.39 is 5.31 Å². The Labute approximate surface area is 75.7 Å². The van der Waals surface area contributed by atoms with Gasteiger partial charge in [0.05, 0.1) is 0 Å². The Kier molecular flexibility index (Phi) is 8.75. The Morgan fingerprint density at radius 2 is 0.889 bits per heavy atom. The van der Waals surface area contributed by atoms with Crippen molar-refractivity contribution in [3.05, 3.63) is 0 Å². The van der Waals surface area contributed by atoms with Crippen LogP contribution in [0.4, 0.5) is 0 Å². The number of nitrogens with zero attached hydrogens (tertiary/aromatic N) is 1. The number of hydrogen-bond acceptors (Lipinski definition) is 1. The Morgan fingerprint density at radius 3 is 0.889 bits per heavy atom. The van der Waals surface area contributed by atoms with E-state index in [9.17, 15) is 0 Å². The molecule has 0 saturated carbocycles. The average molecular weight is 229 g/mol. The molecule has 0 bridgehead atoms. The summed E-state index contributed by atoms with van der Waals surface area (Å²) in [6, 6.07) is 0. The Balaban J connectivity index is 0. The molecule has 0 aromatic heterocycles. The van der Waals surface area contributed by atoms with Crippen LogP contribution in [0.15, 0.2) is 0 Å². The highest BCUT2D eigenvalue weighted by Crippen LogP contribution is 2.23. The summed E-state index contributed by atoms with van der Waals surface area (Å²) in [5.74, 6) is 0. The van der Waals surface area contributed by atoms with Crippen LogP contribution >= 0.6 is 44.3 Å². The molecule has 0 aliphatic heterocycles. The van der Waals surface area contributed by atoms with Crippen molar-refractivity contribution in [3.63, 3.8) is 0 Å². The lowest BCUT2D eigenvalue weighted by atomic mass is 11.0. The minimum absolute atomic E-state index is 2.00. The molecule has 0 N–H and O–H groups in total. The van der Waals surface area contributed by atoms with Gasteiger partial charge in [0.25, 0.3) is 0 Å². The summed E-state index contributed by atoms with van der Waals surface area (Å²) in [5.41, 5.74) is 0. The Morgan fingerprint density at radius 1 is 0.889 bits per heavy atom. The van der Waals surface area contributed by atoms with Gasteiger partial charge < -0.3 is 4.90 Å². The zero-order valence-electron chi connectivity index (χ0n) is 5.46. The minimum Gasteiger partial charge on any atom is -0.312 e. The van der Waals surface area contributed by atoms with Crippen LogP contribution in [0.1, 0.15) is 0 Å². The molecular weight excluding hydrogens is 220 g/mol. The second kappa shape index (κ2) is 6.07. The van der Waals surface area contributed by atoms with Crippen LogP contribution < -0.4 is 0 Å². The smallest absolute Gasteiger partial charge is 0.312 e. The zero-order chi connectivity index (χ0) is 8.08. The molecule has 0 aliphatic carbocycles. The number of hydrogen-bond donors (Lipinski definition) is 0. The van der Waals surface area contributed by atoms with Gasteiger partial charge in [0, 0.05) is 0 Å². The van der Waals surface area contributed by atoms with Crippen molar-refractivity contribution < 1.29 is 0 Å². The average Bonchev–Trinajstić information content (AvgIpc) is 1.19. The van der Waals surface area contributed by atoms with E-state index in [2.05, 4.69) is 0 Å². The first-order chi connectivity index (χ1) is 3.73. The van der Waals surface area contributed by atoms with E-state index in [0.717, 1.165) is 0 Å². The van der Waals surface area contributed by atoms with Crippen LogP contribution in [-0.2, 0) is 0 Å². The first-order valence-electron chi connectivity index (χ1n) is 2.10. The van der Waals surface area contributed by atoms with Crippen LogP contribution in [0.3, 0.4) is 0 Å². The van der Waals surface area contributed by atoms with E-state index in [4.69, 9.17) is 44.3 Å². The Bertz CT molecular complexity index is 52.6. The van der Waals surface area contributed by atoms with Crippen molar-refractivity contribution in [3.8, 4) is 0 Å². The SMILES string of the molecule is CN(C)C.Cl[Si](Cl)(Cl)Cl. The molecule has 9 heavy (non-hydrogen) atoms. The first-order valence-corrected chi connectivity index (χ1v) is 8.15. The summed E-state index contributed by atoms with van der Waals surface area (Å²) in [5, 5.41) is -2.72. The molecule has 0 aliphatic rings. The van der Waals surface area contributed by atoms with Gasteiger partial charge >= 0.3 is 5.31 Å². The standard InChI is InChI=1S/C3H9N.Cl4Si/c1-4(2)3;1-5(2,3)4/h1-3H3;. The van der Waals surface area contributed by atoms with E-state index in [1.165, 1.54) is 0 Å². The second-order valence-electron chi connectivity index (χ2n) is 1.77. The summed E-state index contributed by atoms with van der Waals surface area (Å²) >= 11 is 19.9. The van der Waals surface area contributed by atoms with Crippen LogP contribution in [0.5, 0.6) is 0 Å². The Hall–Kier alpha value is 1.34. The van der Waals surface area contributed by atoms with E-state index >= 15 is 0 Å². The molecule has 0 aromatic carbocycles. The third kappa shape index (κ3) is 281. The van der Waals surface area contributed by atoms with E-state index in [-0.39, 0.29) is 0 Å². The van der Waals surface area contributed by atoms with Crippen LogP contribution in [0.25, 0.3) is 0 Å². The molecule has 1 nitrogen and oxygen atoms in total. The maximum Gasteiger partial charge on any atom is 0.440 e. The lowest BCUT2D eigenvalue weighted by Crippen LogP contribution is -1.99. The molecule has 0 radical (unpaired) electrons. The lowest BCUT2D eigenvalue weighted by Gasteiger charge is -1.90. The predicted molar refractivity (Wildman–Crippen MR) is 48.8 cm³/mol. The van der Waals surface area contributed by atoms with Crippen molar-refractivity contribution in [2.75, 3.05) is 21.1 Å². The van der Waals surface area contributed by atoms with Crippen LogP contribution in [0, 0.1) is 0 Å². The van der Waals surface area contributed by atoms with Gasteiger partial charge in [-0.2, -0.15) is 0 Å². The minimum atomic E-state index is -2.72. The maximum atomic E-state index is 4.97. The molecule has 0 aromatic rings. The normalized spacial score (nSPS) is 10.7. The summed E-state index contributed by atoms with van der Waals surface area (Å²) in [7, 11) is 6.00. The fourth-order valence-electron chi connectivity index (χ4n) is 0. The van der Waals surface area contributed by atoms with Gasteiger partial charge in [0.2, 0.25) is 0 Å². The third-order valence-corrected chi connectivity index (χ3v) is 0. The fraction of sp³-hybridized carbons (Fsp3) is 1.00. The predicted octanol–water partition coefficient (Wildman–Crippen LogP) is 2.56. The highest BCUT2D eigenvalue weighted by atomic mass is 36.0. The number of halogens is 4. The van der Waals surface area contributed by atoms with Gasteiger partial charge in [-0.25, -0.2) is 0 Å². The van der Waals surface area contributed by atoms with Gasteiger partial charge in [-0.1, -0.05) is 0 Å². The van der Waals surface area contributed by atoms with Crippen LogP contribution in [-0.4, -0.2) is 31.4 Å². The molecule has 0 heterocycles. The lowest BCUT2D eigenvalue weighted by molar-refractivity contribution is 0.505. The molecule has 0 fully saturated rings. The summed E-state index contributed by atoms with van der Waals surface area (Å²) in [4.78, 5) is 2.00. The van der Waals surface area contributed by atoms with E-state index in [1.54, 1.807) is 0 Å². The first kappa shape index (κ1) is 13.0. The van der Waals surface area contributed by atoms with Crippen molar-refractivity contribution >= 4 is 49.6 Å². The molecule has 0 atom stereocenters. The molecular formula is C3H9Cl4NSi. The molecule has 0 amide bonds. The molecule has 0 rings (SSSR count). The van der Waals surface area contributed by atoms with Gasteiger partial charge in [-0.15, -0.1) is 44.3 Å². The van der Waals surface area contributed by atoms with Crippen LogP contribution in [0.2, 0.25) is 0 Å². The molecule has 58 valence electrons. The number of rotatable bonds is 0. The van der Waals surface area contributed by atoms with Crippen molar-refractivity contribution in [2.45, 2.75) is 0 Å². The van der Waals surface area contributed by atoms with Crippen molar-refractivity contribution in [1.82, 2.24) is 4.90 Å². The van der Waals surface area contributed by atoms with Gasteiger partial charge in [0.15, 0.2) is 0 Å². The zero-order valence-corrected chi connectivity index (χ0v) is 9.48. The largest absolute Gasteiger partial charge is 0.440 e. The topological polar surface area (TPSA) is 3.24 Å². The highest BCUT2D eigenvalue weighted by molar-refractivity contribution is 7.81. The third-order valence-electron chi connectivity index (χ3n) is 0.